The van der Waals surface area contributed by atoms with E-state index in [0.717, 1.165) is 12.8 Å². The summed E-state index contributed by atoms with van der Waals surface area (Å²) in [6.07, 6.45) is 2.71. The van der Waals surface area contributed by atoms with Gasteiger partial charge in [0.05, 0.1) is 12.2 Å². The lowest BCUT2D eigenvalue weighted by Crippen LogP contribution is -2.38. The Morgan fingerprint density at radius 1 is 1.54 bits per heavy atom. The molecule has 0 aromatic heterocycles. The largest absolute Gasteiger partial charge is 0.373 e. The summed E-state index contributed by atoms with van der Waals surface area (Å²) in [4.78, 5) is 12.7. The van der Waals surface area contributed by atoms with Crippen LogP contribution in [-0.4, -0.2) is 43.8 Å². The van der Waals surface area contributed by atoms with Crippen molar-refractivity contribution in [3.05, 3.63) is 0 Å². The van der Waals surface area contributed by atoms with E-state index < -0.39 is 0 Å². The fraction of sp³-hybridized carbons (Fsp3) is 0.889. The minimum atomic E-state index is -0.0526. The Morgan fingerprint density at radius 3 is 2.69 bits per heavy atom. The first-order valence-corrected chi connectivity index (χ1v) is 4.70. The van der Waals surface area contributed by atoms with Gasteiger partial charge in [-0.15, -0.1) is 0 Å². The van der Waals surface area contributed by atoms with Crippen molar-refractivity contribution in [2.24, 2.45) is 0 Å². The maximum Gasteiger partial charge on any atom is 0.316 e. The minimum Gasteiger partial charge on any atom is -0.373 e. The molecule has 0 spiro atoms. The van der Waals surface area contributed by atoms with E-state index in [1.54, 1.807) is 14.1 Å². The fourth-order valence-corrected chi connectivity index (χ4v) is 1.39. The van der Waals surface area contributed by atoms with Crippen LogP contribution < -0.4 is 5.32 Å². The molecule has 4 heteroatoms. The van der Waals surface area contributed by atoms with Crippen molar-refractivity contribution in [2.45, 2.75) is 32.0 Å². The average molecular weight is 186 g/mol. The van der Waals surface area contributed by atoms with Gasteiger partial charge >= 0.3 is 6.03 Å². The number of nitrogens with one attached hydrogen (secondary N) is 1. The van der Waals surface area contributed by atoms with Crippen LogP contribution >= 0.6 is 0 Å². The van der Waals surface area contributed by atoms with Gasteiger partial charge in [0.15, 0.2) is 0 Å². The molecule has 0 bridgehead atoms. The van der Waals surface area contributed by atoms with Crippen molar-refractivity contribution in [3.8, 4) is 0 Å². The topological polar surface area (TPSA) is 41.6 Å². The Hall–Kier alpha value is -0.770. The van der Waals surface area contributed by atoms with Crippen molar-refractivity contribution < 1.29 is 9.53 Å². The van der Waals surface area contributed by atoms with Gasteiger partial charge in [-0.3, -0.25) is 0 Å². The van der Waals surface area contributed by atoms with Crippen LogP contribution in [0.1, 0.15) is 19.8 Å². The van der Waals surface area contributed by atoms with Gasteiger partial charge in [-0.2, -0.15) is 0 Å². The Kier molecular flexibility index (Phi) is 3.54. The number of hydrogen-bond donors (Lipinski definition) is 1. The second-order valence-corrected chi connectivity index (χ2v) is 3.73. The lowest BCUT2D eigenvalue weighted by molar-refractivity contribution is 0.0567. The Morgan fingerprint density at radius 2 is 2.23 bits per heavy atom. The standard InChI is InChI=1S/C9H18N2O2/c1-7-4-5-8(13-7)6-10-9(12)11(2)3/h7-8H,4-6H2,1-3H3,(H,10,12). The molecular weight excluding hydrogens is 168 g/mol. The van der Waals surface area contributed by atoms with Crippen molar-refractivity contribution in [3.63, 3.8) is 0 Å². The molecule has 2 amide bonds. The lowest BCUT2D eigenvalue weighted by Gasteiger charge is -2.15. The highest BCUT2D eigenvalue weighted by atomic mass is 16.5. The van der Waals surface area contributed by atoms with E-state index in [2.05, 4.69) is 12.2 Å². The highest BCUT2D eigenvalue weighted by molar-refractivity contribution is 5.73. The van der Waals surface area contributed by atoms with Gasteiger partial charge in [-0.1, -0.05) is 0 Å². The normalized spacial score (nSPS) is 27.3. The summed E-state index contributed by atoms with van der Waals surface area (Å²) in [7, 11) is 3.46. The monoisotopic (exact) mass is 186 g/mol. The fourth-order valence-electron chi connectivity index (χ4n) is 1.39. The van der Waals surface area contributed by atoms with Gasteiger partial charge in [-0.05, 0) is 19.8 Å². The summed E-state index contributed by atoms with van der Waals surface area (Å²) in [6, 6.07) is -0.0526. The summed E-state index contributed by atoms with van der Waals surface area (Å²) >= 11 is 0. The molecule has 4 nitrogen and oxygen atoms in total. The van der Waals surface area contributed by atoms with E-state index in [9.17, 15) is 4.79 Å². The van der Waals surface area contributed by atoms with Gasteiger partial charge in [0.25, 0.3) is 0 Å². The zero-order valence-corrected chi connectivity index (χ0v) is 8.54. The smallest absolute Gasteiger partial charge is 0.316 e. The molecule has 0 saturated carbocycles. The summed E-state index contributed by atoms with van der Waals surface area (Å²) in [5.74, 6) is 0. The zero-order chi connectivity index (χ0) is 9.84. The molecule has 76 valence electrons. The number of amides is 2. The van der Waals surface area contributed by atoms with E-state index >= 15 is 0 Å². The average Bonchev–Trinajstić information content (AvgIpc) is 2.47. The molecule has 1 saturated heterocycles. The molecule has 1 heterocycles. The van der Waals surface area contributed by atoms with Crippen LogP contribution in [0.2, 0.25) is 0 Å². The molecule has 13 heavy (non-hydrogen) atoms. The minimum absolute atomic E-state index is 0.0526. The zero-order valence-electron chi connectivity index (χ0n) is 8.54. The Labute approximate surface area is 79.2 Å². The molecule has 1 aliphatic rings. The highest BCUT2D eigenvalue weighted by Crippen LogP contribution is 2.17. The van der Waals surface area contributed by atoms with Crippen LogP contribution in [0.5, 0.6) is 0 Å². The highest BCUT2D eigenvalue weighted by Gasteiger charge is 2.21. The SMILES string of the molecule is CC1CCC(CNC(=O)N(C)C)O1. The summed E-state index contributed by atoms with van der Waals surface area (Å²) in [5.41, 5.74) is 0. The van der Waals surface area contributed by atoms with Crippen LogP contribution in [0.4, 0.5) is 4.79 Å². The third-order valence-corrected chi connectivity index (χ3v) is 2.21. The van der Waals surface area contributed by atoms with Gasteiger partial charge < -0.3 is 15.0 Å². The first-order chi connectivity index (χ1) is 6.09. The number of carbonyl (C=O) groups excluding carboxylic acids is 1. The first-order valence-electron chi connectivity index (χ1n) is 4.70. The molecule has 1 N–H and O–H groups in total. The first kappa shape index (κ1) is 10.3. The number of urea groups is 1. The Bertz CT molecular complexity index is 182. The van der Waals surface area contributed by atoms with Crippen LogP contribution in [0.15, 0.2) is 0 Å². The van der Waals surface area contributed by atoms with Gasteiger partial charge in [0.1, 0.15) is 0 Å². The molecule has 1 aliphatic heterocycles. The summed E-state index contributed by atoms with van der Waals surface area (Å²) in [5, 5.41) is 2.81. The molecule has 0 radical (unpaired) electrons. The number of carbonyl (C=O) groups is 1. The third kappa shape index (κ3) is 3.22. The molecule has 2 unspecified atom stereocenters. The van der Waals surface area contributed by atoms with Crippen molar-refractivity contribution in [1.29, 1.82) is 0 Å². The Balaban J connectivity index is 2.16. The molecule has 2 atom stereocenters. The molecule has 1 rings (SSSR count). The number of rotatable bonds is 2. The van der Waals surface area contributed by atoms with Gasteiger partial charge in [-0.25, -0.2) is 4.79 Å². The number of ether oxygens (including phenoxy) is 1. The van der Waals surface area contributed by atoms with Gasteiger partial charge in [0, 0.05) is 20.6 Å². The van der Waals surface area contributed by atoms with Crippen LogP contribution in [0, 0.1) is 0 Å². The molecule has 0 aliphatic carbocycles. The summed E-state index contributed by atoms with van der Waals surface area (Å²) < 4.78 is 5.56. The van der Waals surface area contributed by atoms with Crippen molar-refractivity contribution >= 4 is 6.03 Å². The van der Waals surface area contributed by atoms with Crippen LogP contribution in [0.25, 0.3) is 0 Å². The summed E-state index contributed by atoms with van der Waals surface area (Å²) in [6.45, 7) is 2.69. The van der Waals surface area contributed by atoms with E-state index in [0.29, 0.717) is 12.6 Å². The maximum atomic E-state index is 11.1. The lowest BCUT2D eigenvalue weighted by atomic mass is 10.2. The van der Waals surface area contributed by atoms with E-state index in [1.165, 1.54) is 4.90 Å². The quantitative estimate of drug-likeness (QED) is 0.694. The van der Waals surface area contributed by atoms with E-state index in [1.807, 2.05) is 0 Å². The predicted octanol–water partition coefficient (Wildman–Crippen LogP) is 0.825. The van der Waals surface area contributed by atoms with E-state index in [-0.39, 0.29) is 12.1 Å². The van der Waals surface area contributed by atoms with Crippen molar-refractivity contribution in [2.75, 3.05) is 20.6 Å². The van der Waals surface area contributed by atoms with Crippen LogP contribution in [0.3, 0.4) is 0 Å². The molecule has 0 aromatic rings. The molecule has 1 fully saturated rings. The van der Waals surface area contributed by atoms with Crippen LogP contribution in [-0.2, 0) is 4.74 Å². The third-order valence-electron chi connectivity index (χ3n) is 2.21. The van der Waals surface area contributed by atoms with E-state index in [4.69, 9.17) is 4.74 Å². The molecule has 0 aromatic carbocycles. The van der Waals surface area contributed by atoms with Gasteiger partial charge in [0.2, 0.25) is 0 Å². The van der Waals surface area contributed by atoms with Crippen molar-refractivity contribution in [1.82, 2.24) is 10.2 Å². The predicted molar refractivity (Wildman–Crippen MR) is 50.7 cm³/mol. The number of hydrogen-bond acceptors (Lipinski definition) is 2. The molecular formula is C9H18N2O2. The second kappa shape index (κ2) is 4.46. The number of nitrogens with zero attached hydrogens (tertiary/aromatic N) is 1. The second-order valence-electron chi connectivity index (χ2n) is 3.73. The maximum absolute atomic E-state index is 11.1.